The number of benzene rings is 1. The molecule has 0 radical (unpaired) electrons. The summed E-state index contributed by atoms with van der Waals surface area (Å²) < 4.78 is 5.02. The van der Waals surface area contributed by atoms with E-state index >= 15 is 0 Å². The molecule has 0 bridgehead atoms. The fourth-order valence-corrected chi connectivity index (χ4v) is 10.3. The third-order valence-electron chi connectivity index (χ3n) is 4.87. The molecule has 0 aromatic heterocycles. The Morgan fingerprint density at radius 2 is 1.96 bits per heavy atom. The van der Waals surface area contributed by atoms with Gasteiger partial charge in [-0.1, -0.05) is 0 Å². The molecule has 8 heteroatoms. The number of nitrogens with one attached hydrogen (secondary N) is 1. The first-order valence-electron chi connectivity index (χ1n) is 9.71. The summed E-state index contributed by atoms with van der Waals surface area (Å²) >= 11 is -1.70. The minimum absolute atomic E-state index is 0.0795. The summed E-state index contributed by atoms with van der Waals surface area (Å²) in [6.45, 7) is 5.37. The SMILES string of the molecule is CC(C)C[As](C1CC1)C(C(N)=O)C(=O)Nc1ccc(N2CCOCC2=O)cc1. The summed E-state index contributed by atoms with van der Waals surface area (Å²) in [6.07, 6.45) is 2.23. The van der Waals surface area contributed by atoms with Crippen molar-refractivity contribution in [1.82, 2.24) is 0 Å². The minimum atomic E-state index is -1.70. The molecule has 1 aliphatic carbocycles. The third kappa shape index (κ3) is 5.15. The average Bonchev–Trinajstić information content (AvgIpc) is 3.47. The van der Waals surface area contributed by atoms with Gasteiger partial charge in [-0.3, -0.25) is 0 Å². The zero-order valence-electron chi connectivity index (χ0n) is 16.4. The van der Waals surface area contributed by atoms with Crippen LogP contribution in [0.25, 0.3) is 0 Å². The number of anilines is 2. The molecule has 1 aliphatic heterocycles. The summed E-state index contributed by atoms with van der Waals surface area (Å²) in [4.78, 5) is 38.6. The molecule has 2 atom stereocenters. The monoisotopic (exact) mass is 449 g/mol. The van der Waals surface area contributed by atoms with Crippen molar-refractivity contribution >= 4 is 43.7 Å². The van der Waals surface area contributed by atoms with E-state index in [1.165, 1.54) is 0 Å². The van der Waals surface area contributed by atoms with E-state index in [4.69, 9.17) is 10.5 Å². The van der Waals surface area contributed by atoms with Crippen LogP contribution in [0.1, 0.15) is 26.7 Å². The summed E-state index contributed by atoms with van der Waals surface area (Å²) in [5, 5.41) is 3.82. The molecule has 1 aromatic carbocycles. The molecule has 7 nitrogen and oxygen atoms in total. The Bertz CT molecular complexity index is 733. The maximum absolute atomic E-state index is 12.9. The number of ether oxygens (including phenoxy) is 1. The Kier molecular flexibility index (Phi) is 6.78. The average molecular weight is 449 g/mol. The van der Waals surface area contributed by atoms with E-state index in [2.05, 4.69) is 19.2 Å². The number of hydrogen-bond acceptors (Lipinski definition) is 4. The van der Waals surface area contributed by atoms with Crippen LogP contribution in [-0.4, -0.2) is 52.1 Å². The van der Waals surface area contributed by atoms with Crippen LogP contribution in [0.4, 0.5) is 11.4 Å². The number of nitrogens with two attached hydrogens (primary N) is 1. The third-order valence-corrected chi connectivity index (χ3v) is 12.8. The quantitative estimate of drug-likeness (QED) is 0.469. The topological polar surface area (TPSA) is 102 Å². The second-order valence-corrected chi connectivity index (χ2v) is 13.3. The zero-order chi connectivity index (χ0) is 20.3. The van der Waals surface area contributed by atoms with Crippen LogP contribution in [0.15, 0.2) is 24.3 Å². The van der Waals surface area contributed by atoms with Crippen LogP contribution in [0.2, 0.25) is 14.6 Å². The number of primary amides is 1. The molecular weight excluding hydrogens is 421 g/mol. The Morgan fingerprint density at radius 1 is 1.29 bits per heavy atom. The van der Waals surface area contributed by atoms with Gasteiger partial charge < -0.3 is 0 Å². The van der Waals surface area contributed by atoms with Gasteiger partial charge in [0, 0.05) is 0 Å². The van der Waals surface area contributed by atoms with Crippen LogP contribution in [-0.2, 0) is 19.1 Å². The number of amides is 3. The second-order valence-electron chi connectivity index (χ2n) is 7.76. The normalized spacial score (nSPS) is 19.4. The van der Waals surface area contributed by atoms with E-state index in [0.717, 1.165) is 23.7 Å². The van der Waals surface area contributed by atoms with E-state index < -0.39 is 25.3 Å². The molecule has 3 rings (SSSR count). The van der Waals surface area contributed by atoms with E-state index in [1.54, 1.807) is 29.2 Å². The number of hydrogen-bond donors (Lipinski definition) is 2. The van der Waals surface area contributed by atoms with Crippen LogP contribution in [0, 0.1) is 5.92 Å². The van der Waals surface area contributed by atoms with E-state index in [9.17, 15) is 14.4 Å². The number of morpholine rings is 1. The van der Waals surface area contributed by atoms with Crippen molar-refractivity contribution in [2.24, 2.45) is 11.7 Å². The predicted octanol–water partition coefficient (Wildman–Crippen LogP) is 2.16. The van der Waals surface area contributed by atoms with Crippen molar-refractivity contribution in [2.45, 2.75) is 41.3 Å². The van der Waals surface area contributed by atoms with Gasteiger partial charge in [0.1, 0.15) is 0 Å². The number of rotatable bonds is 8. The molecule has 1 heterocycles. The molecule has 2 unspecified atom stereocenters. The molecule has 28 heavy (non-hydrogen) atoms. The van der Waals surface area contributed by atoms with Crippen molar-refractivity contribution in [1.29, 1.82) is 0 Å². The molecule has 1 saturated heterocycles. The van der Waals surface area contributed by atoms with Gasteiger partial charge in [0.05, 0.1) is 0 Å². The van der Waals surface area contributed by atoms with Gasteiger partial charge in [-0.15, -0.1) is 0 Å². The molecule has 3 amide bonds. The molecular formula is C20H28AsN3O4. The van der Waals surface area contributed by atoms with Crippen molar-refractivity contribution in [3.05, 3.63) is 24.3 Å². The Hall–Kier alpha value is -1.85. The molecule has 152 valence electrons. The van der Waals surface area contributed by atoms with Gasteiger partial charge in [0.25, 0.3) is 0 Å². The first-order chi connectivity index (χ1) is 13.4. The first kappa shape index (κ1) is 20.9. The van der Waals surface area contributed by atoms with Crippen LogP contribution in [0.5, 0.6) is 0 Å². The van der Waals surface area contributed by atoms with Crippen molar-refractivity contribution in [3.63, 3.8) is 0 Å². The van der Waals surface area contributed by atoms with Gasteiger partial charge >= 0.3 is 170 Å². The Balaban J connectivity index is 1.69. The van der Waals surface area contributed by atoms with Gasteiger partial charge in [-0.25, -0.2) is 0 Å². The first-order valence-corrected chi connectivity index (χ1v) is 13.2. The van der Waals surface area contributed by atoms with E-state index in [1.807, 2.05) is 0 Å². The summed E-state index contributed by atoms with van der Waals surface area (Å²) in [6, 6.07) is 7.10. The standard InChI is InChI=1S/C20H28AsN3O4/c1-13(2)11-21(14-3-4-14)18(19(22)26)20(27)23-15-5-7-16(8-6-15)24-9-10-28-12-17(24)25/h5-8,13-14,18H,3-4,9-12H2,1-2H3,(H2,22,26)(H,23,27). The second kappa shape index (κ2) is 9.10. The maximum atomic E-state index is 12.9. The van der Waals surface area contributed by atoms with Crippen LogP contribution >= 0.6 is 0 Å². The Labute approximate surface area is 170 Å². The van der Waals surface area contributed by atoms with Crippen molar-refractivity contribution in [3.8, 4) is 0 Å². The summed E-state index contributed by atoms with van der Waals surface area (Å²) in [5.74, 6) is -0.402. The zero-order valence-corrected chi connectivity index (χ0v) is 18.3. The van der Waals surface area contributed by atoms with Gasteiger partial charge in [-0.2, -0.15) is 0 Å². The van der Waals surface area contributed by atoms with E-state index in [-0.39, 0.29) is 18.4 Å². The number of carbonyl (C=O) groups excluding carboxylic acids is 3. The van der Waals surface area contributed by atoms with Gasteiger partial charge in [0.15, 0.2) is 0 Å². The van der Waals surface area contributed by atoms with Crippen LogP contribution < -0.4 is 16.0 Å². The number of carbonyl (C=O) groups is 3. The molecule has 2 fully saturated rings. The van der Waals surface area contributed by atoms with E-state index in [0.29, 0.717) is 29.5 Å². The Morgan fingerprint density at radius 3 is 2.50 bits per heavy atom. The summed E-state index contributed by atoms with van der Waals surface area (Å²) in [7, 11) is 0. The fourth-order valence-electron chi connectivity index (χ4n) is 3.46. The molecule has 1 saturated carbocycles. The molecule has 2 aliphatic rings. The fraction of sp³-hybridized carbons (Fsp3) is 0.550. The molecule has 1 aromatic rings. The van der Waals surface area contributed by atoms with Gasteiger partial charge in [-0.05, 0) is 0 Å². The van der Waals surface area contributed by atoms with Crippen molar-refractivity contribution < 1.29 is 19.1 Å². The van der Waals surface area contributed by atoms with Crippen LogP contribution in [0.3, 0.4) is 0 Å². The molecule has 0 spiro atoms. The molecule has 3 N–H and O–H groups in total. The van der Waals surface area contributed by atoms with Gasteiger partial charge in [0.2, 0.25) is 0 Å². The summed E-state index contributed by atoms with van der Waals surface area (Å²) in [5.41, 5.74) is 7.02. The predicted molar refractivity (Wildman–Crippen MR) is 110 cm³/mol. The number of nitrogens with zero attached hydrogens (tertiary/aromatic N) is 1. The van der Waals surface area contributed by atoms with Crippen molar-refractivity contribution in [2.75, 3.05) is 30.0 Å².